The largest absolute Gasteiger partial charge is 0.299 e. The molecule has 0 unspecified atom stereocenters. The number of ketones is 2. The molecule has 0 N–H and O–H groups in total. The molecule has 0 aromatic rings. The van der Waals surface area contributed by atoms with Gasteiger partial charge >= 0.3 is 0 Å². The van der Waals surface area contributed by atoms with Gasteiger partial charge < -0.3 is 0 Å². The summed E-state index contributed by atoms with van der Waals surface area (Å²) < 4.78 is 0. The topological polar surface area (TPSA) is 34.1 Å². The Morgan fingerprint density at radius 3 is 0.765 bits per heavy atom. The van der Waals surface area contributed by atoms with Gasteiger partial charge in [-0.2, -0.15) is 0 Å². The third-order valence-corrected chi connectivity index (χ3v) is 7.26. The summed E-state index contributed by atoms with van der Waals surface area (Å²) in [6, 6.07) is 0. The van der Waals surface area contributed by atoms with Gasteiger partial charge in [0.2, 0.25) is 0 Å². The van der Waals surface area contributed by atoms with E-state index in [2.05, 4.69) is 13.8 Å². The third-order valence-electron chi connectivity index (χ3n) is 7.26. The van der Waals surface area contributed by atoms with E-state index < -0.39 is 0 Å². The van der Waals surface area contributed by atoms with E-state index in [1.807, 2.05) is 0 Å². The minimum atomic E-state index is 0.169. The summed E-state index contributed by atoms with van der Waals surface area (Å²) in [6.07, 6.45) is 34.4. The van der Waals surface area contributed by atoms with Gasteiger partial charge in [-0.25, -0.2) is 0 Å². The molecule has 2 heteroatoms. The minimum Gasteiger partial charge on any atom is -0.299 e. The van der Waals surface area contributed by atoms with Gasteiger partial charge in [-0.05, 0) is 12.8 Å². The molecule has 2 nitrogen and oxygen atoms in total. The average Bonchev–Trinajstić information content (AvgIpc) is 2.82. The highest BCUT2D eigenvalue weighted by Gasteiger charge is 2.09. The van der Waals surface area contributed by atoms with Gasteiger partial charge in [-0.15, -0.1) is 0 Å². The first-order valence-corrected chi connectivity index (χ1v) is 15.7. The van der Waals surface area contributed by atoms with Crippen LogP contribution < -0.4 is 0 Å². The number of Topliss-reactive ketones (excluding diaryl/α,β-unsaturated/α-hetero) is 2. The molecule has 34 heavy (non-hydrogen) atoms. The predicted molar refractivity (Wildman–Crippen MR) is 151 cm³/mol. The molecular weight excluding hydrogens is 416 g/mol. The SMILES string of the molecule is CCCCCCCCCCCCCCCCCCCC(=O)CC(=O)CCCCCCCCCC. The van der Waals surface area contributed by atoms with E-state index in [-0.39, 0.29) is 18.0 Å². The molecule has 0 bridgehead atoms. The molecule has 0 amide bonds. The van der Waals surface area contributed by atoms with Crippen LogP contribution in [0.2, 0.25) is 0 Å². The fraction of sp³-hybridized carbons (Fsp3) is 0.938. The van der Waals surface area contributed by atoms with Crippen LogP contribution in [0.1, 0.15) is 194 Å². The van der Waals surface area contributed by atoms with Crippen LogP contribution in [0.5, 0.6) is 0 Å². The van der Waals surface area contributed by atoms with Crippen molar-refractivity contribution in [2.75, 3.05) is 0 Å². The van der Waals surface area contributed by atoms with E-state index in [0.29, 0.717) is 12.8 Å². The zero-order valence-electron chi connectivity index (χ0n) is 23.6. The lowest BCUT2D eigenvalue weighted by molar-refractivity contribution is -0.127. The quantitative estimate of drug-likeness (QED) is 0.0791. The van der Waals surface area contributed by atoms with Crippen molar-refractivity contribution >= 4 is 11.6 Å². The summed E-state index contributed by atoms with van der Waals surface area (Å²) in [4.78, 5) is 24.0. The van der Waals surface area contributed by atoms with Gasteiger partial charge in [-0.1, -0.05) is 162 Å². The van der Waals surface area contributed by atoms with E-state index in [9.17, 15) is 9.59 Å². The summed E-state index contributed by atoms with van der Waals surface area (Å²) in [6.45, 7) is 4.53. The lowest BCUT2D eigenvalue weighted by Gasteiger charge is -2.04. The van der Waals surface area contributed by atoms with Crippen molar-refractivity contribution < 1.29 is 9.59 Å². The van der Waals surface area contributed by atoms with Crippen LogP contribution in [0.4, 0.5) is 0 Å². The van der Waals surface area contributed by atoms with E-state index in [4.69, 9.17) is 0 Å². The van der Waals surface area contributed by atoms with Crippen LogP contribution in [0.25, 0.3) is 0 Å². The number of carbonyl (C=O) groups excluding carboxylic acids is 2. The highest BCUT2D eigenvalue weighted by Crippen LogP contribution is 2.15. The highest BCUT2D eigenvalue weighted by atomic mass is 16.1. The van der Waals surface area contributed by atoms with Crippen LogP contribution in [0.15, 0.2) is 0 Å². The van der Waals surface area contributed by atoms with Crippen molar-refractivity contribution in [1.82, 2.24) is 0 Å². The van der Waals surface area contributed by atoms with Crippen molar-refractivity contribution in [3.05, 3.63) is 0 Å². The normalized spacial score (nSPS) is 11.2. The molecule has 0 aliphatic rings. The average molecular weight is 479 g/mol. The smallest absolute Gasteiger partial charge is 0.140 e. The van der Waals surface area contributed by atoms with E-state index >= 15 is 0 Å². The highest BCUT2D eigenvalue weighted by molar-refractivity contribution is 5.98. The molecule has 0 fully saturated rings. The third kappa shape index (κ3) is 27.6. The lowest BCUT2D eigenvalue weighted by Crippen LogP contribution is -2.07. The lowest BCUT2D eigenvalue weighted by atomic mass is 10.0. The number of hydrogen-bond acceptors (Lipinski definition) is 2. The minimum absolute atomic E-state index is 0.169. The fourth-order valence-electron chi connectivity index (χ4n) is 4.90. The van der Waals surface area contributed by atoms with Gasteiger partial charge in [0, 0.05) is 12.8 Å². The molecule has 0 atom stereocenters. The summed E-state index contributed by atoms with van der Waals surface area (Å²) in [7, 11) is 0. The summed E-state index contributed by atoms with van der Waals surface area (Å²) in [5, 5.41) is 0. The zero-order valence-corrected chi connectivity index (χ0v) is 23.6. The van der Waals surface area contributed by atoms with E-state index in [0.717, 1.165) is 25.7 Å². The van der Waals surface area contributed by atoms with Crippen LogP contribution in [0, 0.1) is 0 Å². The number of rotatable bonds is 29. The second-order valence-electron chi connectivity index (χ2n) is 10.9. The molecule has 0 saturated heterocycles. The molecule has 0 radical (unpaired) electrons. The molecule has 202 valence electrons. The van der Waals surface area contributed by atoms with Crippen LogP contribution in [0.3, 0.4) is 0 Å². The first-order chi connectivity index (χ1) is 16.7. The number of hydrogen-bond donors (Lipinski definition) is 0. The van der Waals surface area contributed by atoms with Crippen LogP contribution in [-0.4, -0.2) is 11.6 Å². The Balaban J connectivity index is 3.26. The second-order valence-corrected chi connectivity index (χ2v) is 10.9. The van der Waals surface area contributed by atoms with E-state index in [1.54, 1.807) is 0 Å². The summed E-state index contributed by atoms with van der Waals surface area (Å²) in [5.41, 5.74) is 0. The van der Waals surface area contributed by atoms with Gasteiger partial charge in [0.25, 0.3) is 0 Å². The molecular formula is C32H62O2. The fourth-order valence-corrected chi connectivity index (χ4v) is 4.90. The predicted octanol–water partition coefficient (Wildman–Crippen LogP) is 11.1. The number of unbranched alkanes of at least 4 members (excludes halogenated alkanes) is 23. The van der Waals surface area contributed by atoms with E-state index in [1.165, 1.54) is 135 Å². The molecule has 0 saturated carbocycles. The van der Waals surface area contributed by atoms with Gasteiger partial charge in [0.15, 0.2) is 0 Å². The monoisotopic (exact) mass is 478 g/mol. The maximum Gasteiger partial charge on any atom is 0.140 e. The summed E-state index contributed by atoms with van der Waals surface area (Å²) in [5.74, 6) is 0.341. The second kappa shape index (κ2) is 28.6. The molecule has 0 aromatic heterocycles. The Morgan fingerprint density at radius 1 is 0.324 bits per heavy atom. The molecule has 0 rings (SSSR count). The maximum absolute atomic E-state index is 12.0. The number of carbonyl (C=O) groups is 2. The molecule has 0 aliphatic carbocycles. The van der Waals surface area contributed by atoms with Crippen molar-refractivity contribution in [2.24, 2.45) is 0 Å². The molecule has 0 heterocycles. The molecule has 0 aromatic carbocycles. The van der Waals surface area contributed by atoms with Gasteiger partial charge in [-0.3, -0.25) is 9.59 Å². The first kappa shape index (κ1) is 33.3. The van der Waals surface area contributed by atoms with Crippen molar-refractivity contribution in [2.45, 2.75) is 194 Å². The summed E-state index contributed by atoms with van der Waals surface area (Å²) >= 11 is 0. The zero-order chi connectivity index (χ0) is 25.0. The van der Waals surface area contributed by atoms with Gasteiger partial charge in [0.1, 0.15) is 11.6 Å². The van der Waals surface area contributed by atoms with Crippen molar-refractivity contribution in [3.8, 4) is 0 Å². The Morgan fingerprint density at radius 2 is 0.529 bits per heavy atom. The standard InChI is InChI=1S/C32H62O2/c1-3-5-7-9-11-13-14-15-16-17-18-19-20-21-23-25-27-29-32(34)30-31(33)28-26-24-22-12-10-8-6-4-2/h3-30H2,1-2H3. The molecule has 0 aliphatic heterocycles. The Kier molecular flexibility index (Phi) is 28.0. The first-order valence-electron chi connectivity index (χ1n) is 15.7. The van der Waals surface area contributed by atoms with Crippen LogP contribution in [-0.2, 0) is 9.59 Å². The van der Waals surface area contributed by atoms with Crippen LogP contribution >= 0.6 is 0 Å². The van der Waals surface area contributed by atoms with Crippen molar-refractivity contribution in [1.29, 1.82) is 0 Å². The molecule has 0 spiro atoms. The van der Waals surface area contributed by atoms with Crippen molar-refractivity contribution in [3.63, 3.8) is 0 Å². The Labute approximate surface area is 214 Å². The van der Waals surface area contributed by atoms with Gasteiger partial charge in [0.05, 0.1) is 6.42 Å². The Hall–Kier alpha value is -0.660. The Bertz CT molecular complexity index is 429. The maximum atomic E-state index is 12.0.